The molecule has 0 unspecified atom stereocenters. The second kappa shape index (κ2) is 5.90. The molecule has 0 radical (unpaired) electrons. The summed E-state index contributed by atoms with van der Waals surface area (Å²) >= 11 is 1.64. The summed E-state index contributed by atoms with van der Waals surface area (Å²) in [5.41, 5.74) is 0.852. The molecule has 102 valence electrons. The molecule has 1 saturated heterocycles. The normalized spacial score (nSPS) is 19.2. The minimum atomic E-state index is 0. The lowest BCUT2D eigenvalue weighted by atomic mass is 10.1. The van der Waals surface area contributed by atoms with Gasteiger partial charge in [-0.05, 0) is 13.0 Å². The summed E-state index contributed by atoms with van der Waals surface area (Å²) < 4.78 is 1.18. The number of piperazine rings is 1. The van der Waals surface area contributed by atoms with Gasteiger partial charge in [-0.1, -0.05) is 18.2 Å². The topological polar surface area (TPSA) is 32.3 Å². The van der Waals surface area contributed by atoms with Gasteiger partial charge in [0.05, 0.1) is 5.56 Å². The van der Waals surface area contributed by atoms with Gasteiger partial charge in [0.25, 0.3) is 5.91 Å². The van der Waals surface area contributed by atoms with Crippen LogP contribution in [0.3, 0.4) is 0 Å². The molecule has 0 bridgehead atoms. The second-order valence-electron chi connectivity index (χ2n) is 4.75. The minimum absolute atomic E-state index is 0. The number of hydrogen-bond donors (Lipinski definition) is 1. The zero-order valence-corrected chi connectivity index (χ0v) is 12.4. The predicted molar refractivity (Wildman–Crippen MR) is 82.4 cm³/mol. The zero-order chi connectivity index (χ0) is 12.5. The molecular weight excluding hydrogens is 280 g/mol. The van der Waals surface area contributed by atoms with Gasteiger partial charge in [0, 0.05) is 41.1 Å². The van der Waals surface area contributed by atoms with Gasteiger partial charge in [-0.2, -0.15) is 0 Å². The van der Waals surface area contributed by atoms with E-state index in [1.54, 1.807) is 11.3 Å². The average Bonchev–Trinajstić information content (AvgIpc) is 2.82. The third-order valence-electron chi connectivity index (χ3n) is 3.37. The number of benzene rings is 1. The van der Waals surface area contributed by atoms with Crippen LogP contribution in [0.4, 0.5) is 0 Å². The molecule has 1 atom stereocenters. The van der Waals surface area contributed by atoms with Crippen molar-refractivity contribution in [2.45, 2.75) is 13.0 Å². The number of halogens is 1. The second-order valence-corrected chi connectivity index (χ2v) is 5.66. The molecule has 1 aromatic carbocycles. The Bertz CT molecular complexity index is 584. The molecule has 0 spiro atoms. The molecule has 1 fully saturated rings. The maximum atomic E-state index is 12.5. The molecule has 0 aliphatic carbocycles. The molecule has 0 saturated carbocycles. The van der Waals surface area contributed by atoms with Gasteiger partial charge in [-0.25, -0.2) is 0 Å². The summed E-state index contributed by atoms with van der Waals surface area (Å²) in [6, 6.07) is 8.49. The third kappa shape index (κ3) is 2.76. The summed E-state index contributed by atoms with van der Waals surface area (Å²) in [6.07, 6.45) is 0. The van der Waals surface area contributed by atoms with Gasteiger partial charge >= 0.3 is 0 Å². The first-order valence-electron chi connectivity index (χ1n) is 6.24. The number of hydrogen-bond acceptors (Lipinski definition) is 3. The molecule has 2 aromatic rings. The van der Waals surface area contributed by atoms with Crippen LogP contribution in [-0.2, 0) is 0 Å². The average molecular weight is 297 g/mol. The summed E-state index contributed by atoms with van der Waals surface area (Å²) in [4.78, 5) is 14.5. The Hall–Kier alpha value is -1.10. The molecule has 1 aliphatic rings. The van der Waals surface area contributed by atoms with Crippen LogP contribution in [0.2, 0.25) is 0 Å². The van der Waals surface area contributed by atoms with Gasteiger partial charge in [0.15, 0.2) is 0 Å². The van der Waals surface area contributed by atoms with Crippen molar-refractivity contribution in [1.29, 1.82) is 0 Å². The van der Waals surface area contributed by atoms with Crippen LogP contribution >= 0.6 is 23.7 Å². The fraction of sp³-hybridized carbons (Fsp3) is 0.357. The number of rotatable bonds is 1. The molecule has 1 aromatic heterocycles. The summed E-state index contributed by atoms with van der Waals surface area (Å²) in [6.45, 7) is 4.59. The maximum Gasteiger partial charge on any atom is 0.255 e. The number of carbonyl (C=O) groups is 1. The SMILES string of the molecule is C[C@H]1CN(C(=O)c2csc3ccccc23)CCN1.Cl. The van der Waals surface area contributed by atoms with E-state index >= 15 is 0 Å². The van der Waals surface area contributed by atoms with Crippen molar-refractivity contribution in [2.75, 3.05) is 19.6 Å². The van der Waals surface area contributed by atoms with E-state index in [2.05, 4.69) is 18.3 Å². The highest BCUT2D eigenvalue weighted by Gasteiger charge is 2.23. The van der Waals surface area contributed by atoms with Crippen LogP contribution in [0.5, 0.6) is 0 Å². The van der Waals surface area contributed by atoms with Crippen molar-refractivity contribution in [1.82, 2.24) is 10.2 Å². The fourth-order valence-corrected chi connectivity index (χ4v) is 3.37. The van der Waals surface area contributed by atoms with Crippen LogP contribution in [0.1, 0.15) is 17.3 Å². The van der Waals surface area contributed by atoms with Crippen molar-refractivity contribution in [3.05, 3.63) is 35.2 Å². The zero-order valence-electron chi connectivity index (χ0n) is 10.8. The van der Waals surface area contributed by atoms with E-state index in [1.807, 2.05) is 28.5 Å². The number of fused-ring (bicyclic) bond motifs is 1. The van der Waals surface area contributed by atoms with Crippen LogP contribution in [-0.4, -0.2) is 36.5 Å². The Morgan fingerprint density at radius 1 is 1.42 bits per heavy atom. The van der Waals surface area contributed by atoms with Gasteiger partial charge in [0.2, 0.25) is 0 Å². The number of amides is 1. The first-order chi connectivity index (χ1) is 8.75. The molecule has 2 heterocycles. The summed E-state index contributed by atoms with van der Waals surface area (Å²) in [5.74, 6) is 0.167. The lowest BCUT2D eigenvalue weighted by Crippen LogP contribution is -2.51. The standard InChI is InChI=1S/C14H16N2OS.ClH/c1-10-8-16(7-6-15-10)14(17)12-9-18-13-5-3-2-4-11(12)13;/h2-5,9-10,15H,6-8H2,1H3;1H/t10-;/m0./s1. The van der Waals surface area contributed by atoms with Gasteiger partial charge < -0.3 is 10.2 Å². The highest BCUT2D eigenvalue weighted by atomic mass is 35.5. The van der Waals surface area contributed by atoms with Crippen molar-refractivity contribution >= 4 is 39.7 Å². The van der Waals surface area contributed by atoms with Crippen molar-refractivity contribution in [3.63, 3.8) is 0 Å². The van der Waals surface area contributed by atoms with E-state index < -0.39 is 0 Å². The summed E-state index contributed by atoms with van der Waals surface area (Å²) in [5, 5.41) is 6.43. The van der Waals surface area contributed by atoms with Gasteiger partial charge in [0.1, 0.15) is 0 Å². The maximum absolute atomic E-state index is 12.5. The van der Waals surface area contributed by atoms with E-state index in [-0.39, 0.29) is 18.3 Å². The molecule has 3 nitrogen and oxygen atoms in total. The Morgan fingerprint density at radius 3 is 3.00 bits per heavy atom. The first kappa shape index (κ1) is 14.3. The molecule has 1 amide bonds. The number of carbonyl (C=O) groups excluding carboxylic acids is 1. The smallest absolute Gasteiger partial charge is 0.255 e. The van der Waals surface area contributed by atoms with Crippen molar-refractivity contribution < 1.29 is 4.79 Å². The number of nitrogens with zero attached hydrogens (tertiary/aromatic N) is 1. The lowest BCUT2D eigenvalue weighted by Gasteiger charge is -2.31. The van der Waals surface area contributed by atoms with Crippen LogP contribution < -0.4 is 5.32 Å². The lowest BCUT2D eigenvalue weighted by molar-refractivity contribution is 0.0711. The van der Waals surface area contributed by atoms with Crippen LogP contribution in [0, 0.1) is 0 Å². The van der Waals surface area contributed by atoms with Gasteiger partial charge in [-0.3, -0.25) is 4.79 Å². The number of thiophene rings is 1. The minimum Gasteiger partial charge on any atom is -0.336 e. The Kier molecular flexibility index (Phi) is 4.45. The first-order valence-corrected chi connectivity index (χ1v) is 7.12. The van der Waals surface area contributed by atoms with E-state index in [1.165, 1.54) is 4.70 Å². The monoisotopic (exact) mass is 296 g/mol. The summed E-state index contributed by atoms with van der Waals surface area (Å²) in [7, 11) is 0. The van der Waals surface area contributed by atoms with Crippen molar-refractivity contribution in [3.8, 4) is 0 Å². The highest BCUT2D eigenvalue weighted by molar-refractivity contribution is 7.17. The van der Waals surface area contributed by atoms with Gasteiger partial charge in [-0.15, -0.1) is 23.7 Å². The van der Waals surface area contributed by atoms with E-state index in [4.69, 9.17) is 0 Å². The predicted octanol–water partition coefficient (Wildman–Crippen LogP) is 2.76. The van der Waals surface area contributed by atoms with E-state index in [0.717, 1.165) is 30.6 Å². The quantitative estimate of drug-likeness (QED) is 0.877. The molecule has 19 heavy (non-hydrogen) atoms. The van der Waals surface area contributed by atoms with E-state index in [0.29, 0.717) is 6.04 Å². The molecule has 1 N–H and O–H groups in total. The molecule has 5 heteroatoms. The Morgan fingerprint density at radius 2 is 2.21 bits per heavy atom. The fourth-order valence-electron chi connectivity index (χ4n) is 2.43. The highest BCUT2D eigenvalue weighted by Crippen LogP contribution is 2.26. The third-order valence-corrected chi connectivity index (χ3v) is 4.33. The molecule has 1 aliphatic heterocycles. The Balaban J connectivity index is 0.00000133. The number of nitrogens with one attached hydrogen (secondary N) is 1. The van der Waals surface area contributed by atoms with Crippen LogP contribution in [0.25, 0.3) is 10.1 Å². The largest absolute Gasteiger partial charge is 0.336 e. The van der Waals surface area contributed by atoms with E-state index in [9.17, 15) is 4.79 Å². The Labute approximate surface area is 123 Å². The van der Waals surface area contributed by atoms with Crippen molar-refractivity contribution in [2.24, 2.45) is 0 Å². The molecule has 3 rings (SSSR count). The molecular formula is C14H17ClN2OS. The van der Waals surface area contributed by atoms with Crippen LogP contribution in [0.15, 0.2) is 29.6 Å².